The molecule has 0 radical (unpaired) electrons. The maximum absolute atomic E-state index is 11.6. The Kier molecular flexibility index (Phi) is 5.48. The first-order valence-electron chi connectivity index (χ1n) is 9.16. The molecule has 2 aromatic carbocycles. The summed E-state index contributed by atoms with van der Waals surface area (Å²) in [6, 6.07) is 19.7. The molecule has 2 heterocycles. The number of aromatic nitrogens is 2. The number of carbonyl (C=O) groups is 1. The summed E-state index contributed by atoms with van der Waals surface area (Å²) in [4.78, 5) is 20.5. The number of nitrogen functional groups attached to an aromatic ring is 1. The summed E-state index contributed by atoms with van der Waals surface area (Å²) in [7, 11) is 0. The van der Waals surface area contributed by atoms with Crippen LogP contribution in [0.25, 0.3) is 33.6 Å². The molecule has 2 aromatic heterocycles. The fourth-order valence-corrected chi connectivity index (χ4v) is 3.71. The number of nitrogens with zero attached hydrogens (tertiary/aromatic N) is 2. The van der Waals surface area contributed by atoms with E-state index in [1.54, 1.807) is 6.92 Å². The molecule has 0 fully saturated rings. The average Bonchev–Trinajstić information content (AvgIpc) is 3.14. The minimum atomic E-state index is -0.325. The van der Waals surface area contributed by atoms with Gasteiger partial charge in [-0.05, 0) is 12.5 Å². The monoisotopic (exact) mass is 405 g/mol. The van der Waals surface area contributed by atoms with Crippen molar-refractivity contribution < 1.29 is 13.9 Å². The summed E-state index contributed by atoms with van der Waals surface area (Å²) >= 11 is 1.17. The largest absolute Gasteiger partial charge is 0.465 e. The van der Waals surface area contributed by atoms with Crippen molar-refractivity contribution in [2.75, 3.05) is 18.1 Å². The van der Waals surface area contributed by atoms with Crippen LogP contribution in [0.15, 0.2) is 70.2 Å². The summed E-state index contributed by atoms with van der Waals surface area (Å²) in [6.07, 6.45) is 0. The standard InChI is InChI=1S/C22H19N3O3S/c1-2-27-16(26)13-29-22-24-20(23)18-17(14-9-5-3-6-10-14)19(28-21(18)25-22)15-11-7-4-8-12-15/h3-12H,2,13H2,1H3,(H2,23,24,25). The number of hydrogen-bond donors (Lipinski definition) is 1. The van der Waals surface area contributed by atoms with Gasteiger partial charge in [0.05, 0.1) is 17.7 Å². The van der Waals surface area contributed by atoms with E-state index in [-0.39, 0.29) is 11.7 Å². The van der Waals surface area contributed by atoms with Gasteiger partial charge < -0.3 is 14.9 Å². The minimum absolute atomic E-state index is 0.108. The summed E-state index contributed by atoms with van der Waals surface area (Å²) in [5.41, 5.74) is 9.44. The zero-order valence-electron chi connectivity index (χ0n) is 15.8. The molecule has 4 rings (SSSR count). The summed E-state index contributed by atoms with van der Waals surface area (Å²) in [5.74, 6) is 0.775. The van der Waals surface area contributed by atoms with Gasteiger partial charge in [-0.15, -0.1) is 0 Å². The van der Waals surface area contributed by atoms with Crippen LogP contribution in [0, 0.1) is 0 Å². The fraction of sp³-hybridized carbons (Fsp3) is 0.136. The predicted molar refractivity (Wildman–Crippen MR) is 114 cm³/mol. The van der Waals surface area contributed by atoms with E-state index in [4.69, 9.17) is 14.9 Å². The van der Waals surface area contributed by atoms with Crippen LogP contribution >= 0.6 is 11.8 Å². The molecule has 0 amide bonds. The lowest BCUT2D eigenvalue weighted by atomic mass is 9.99. The molecule has 0 bridgehead atoms. The number of thioether (sulfide) groups is 1. The number of furan rings is 1. The number of anilines is 1. The number of esters is 1. The van der Waals surface area contributed by atoms with E-state index < -0.39 is 0 Å². The molecule has 0 saturated carbocycles. The highest BCUT2D eigenvalue weighted by Gasteiger charge is 2.22. The zero-order valence-corrected chi connectivity index (χ0v) is 16.6. The molecule has 0 aliphatic carbocycles. The zero-order chi connectivity index (χ0) is 20.2. The lowest BCUT2D eigenvalue weighted by Gasteiger charge is -2.05. The third-order valence-corrected chi connectivity index (χ3v) is 5.10. The Bertz CT molecular complexity index is 1140. The van der Waals surface area contributed by atoms with E-state index in [0.717, 1.165) is 16.7 Å². The Morgan fingerprint density at radius 1 is 1.03 bits per heavy atom. The predicted octanol–water partition coefficient (Wildman–Crippen LogP) is 4.79. The Morgan fingerprint density at radius 2 is 1.69 bits per heavy atom. The lowest BCUT2D eigenvalue weighted by molar-refractivity contribution is -0.139. The van der Waals surface area contributed by atoms with Crippen LogP contribution in [0.2, 0.25) is 0 Å². The van der Waals surface area contributed by atoms with Crippen molar-refractivity contribution in [1.82, 2.24) is 9.97 Å². The number of fused-ring (bicyclic) bond motifs is 1. The van der Waals surface area contributed by atoms with Gasteiger partial charge in [0.1, 0.15) is 11.6 Å². The van der Waals surface area contributed by atoms with Crippen LogP contribution in [-0.2, 0) is 9.53 Å². The van der Waals surface area contributed by atoms with Crippen LogP contribution in [-0.4, -0.2) is 28.3 Å². The van der Waals surface area contributed by atoms with Crippen molar-refractivity contribution in [2.45, 2.75) is 12.1 Å². The molecule has 29 heavy (non-hydrogen) atoms. The van der Waals surface area contributed by atoms with Crippen LogP contribution in [0.3, 0.4) is 0 Å². The van der Waals surface area contributed by atoms with Crippen molar-refractivity contribution in [3.8, 4) is 22.5 Å². The van der Waals surface area contributed by atoms with Crippen molar-refractivity contribution in [3.63, 3.8) is 0 Å². The Hall–Kier alpha value is -3.32. The van der Waals surface area contributed by atoms with Crippen LogP contribution in [0.5, 0.6) is 0 Å². The van der Waals surface area contributed by atoms with Gasteiger partial charge >= 0.3 is 5.97 Å². The molecule has 0 aliphatic heterocycles. The Labute approximate surface area is 172 Å². The van der Waals surface area contributed by atoms with E-state index in [1.807, 2.05) is 60.7 Å². The van der Waals surface area contributed by atoms with Gasteiger partial charge in [0, 0.05) is 11.1 Å². The first-order chi connectivity index (χ1) is 14.2. The van der Waals surface area contributed by atoms with Gasteiger partial charge in [0.2, 0.25) is 5.71 Å². The second-order valence-corrected chi connectivity index (χ2v) is 7.15. The topological polar surface area (TPSA) is 91.2 Å². The summed E-state index contributed by atoms with van der Waals surface area (Å²) in [5, 5.41) is 1.03. The molecule has 0 atom stereocenters. The van der Waals surface area contributed by atoms with E-state index in [2.05, 4.69) is 9.97 Å². The van der Waals surface area contributed by atoms with Gasteiger partial charge in [-0.1, -0.05) is 72.4 Å². The Balaban J connectivity index is 1.84. The SMILES string of the molecule is CCOC(=O)CSc1nc(N)c2c(-c3ccccc3)c(-c3ccccc3)oc2n1. The average molecular weight is 405 g/mol. The number of benzene rings is 2. The van der Waals surface area contributed by atoms with Crippen LogP contribution < -0.4 is 5.73 Å². The van der Waals surface area contributed by atoms with Crippen LogP contribution in [0.4, 0.5) is 5.82 Å². The summed E-state index contributed by atoms with van der Waals surface area (Å²) < 4.78 is 11.1. The van der Waals surface area contributed by atoms with Gasteiger partial charge in [-0.2, -0.15) is 4.98 Å². The number of rotatable bonds is 6. The third-order valence-electron chi connectivity index (χ3n) is 4.28. The van der Waals surface area contributed by atoms with Crippen LogP contribution in [0.1, 0.15) is 6.92 Å². The number of ether oxygens (including phenoxy) is 1. The van der Waals surface area contributed by atoms with Crippen molar-refractivity contribution >= 4 is 34.6 Å². The fourth-order valence-electron chi connectivity index (χ4n) is 3.07. The minimum Gasteiger partial charge on any atom is -0.465 e. The van der Waals surface area contributed by atoms with Gasteiger partial charge in [-0.25, -0.2) is 4.98 Å². The summed E-state index contributed by atoms with van der Waals surface area (Å²) in [6.45, 7) is 2.10. The molecule has 4 aromatic rings. The third kappa shape index (κ3) is 3.95. The number of nitrogens with two attached hydrogens (primary N) is 1. The smallest absolute Gasteiger partial charge is 0.316 e. The van der Waals surface area contributed by atoms with E-state index in [1.165, 1.54) is 11.8 Å². The molecule has 6 nitrogen and oxygen atoms in total. The molecule has 0 unspecified atom stereocenters. The normalized spacial score (nSPS) is 10.9. The van der Waals surface area contributed by atoms with Crippen molar-refractivity contribution in [1.29, 1.82) is 0 Å². The first kappa shape index (κ1) is 19.0. The second-order valence-electron chi connectivity index (χ2n) is 6.20. The highest BCUT2D eigenvalue weighted by atomic mass is 32.2. The maximum atomic E-state index is 11.6. The van der Waals surface area contributed by atoms with E-state index in [9.17, 15) is 4.79 Å². The van der Waals surface area contributed by atoms with Crippen molar-refractivity contribution in [2.24, 2.45) is 0 Å². The van der Waals surface area contributed by atoms with Gasteiger partial charge in [0.15, 0.2) is 5.16 Å². The molecule has 0 spiro atoms. The van der Waals surface area contributed by atoms with Crippen molar-refractivity contribution in [3.05, 3.63) is 60.7 Å². The highest BCUT2D eigenvalue weighted by Crippen LogP contribution is 2.42. The number of carbonyl (C=O) groups excluding carboxylic acids is 1. The molecular weight excluding hydrogens is 386 g/mol. The van der Waals surface area contributed by atoms with Gasteiger partial charge in [0.25, 0.3) is 0 Å². The maximum Gasteiger partial charge on any atom is 0.316 e. The Morgan fingerprint density at radius 3 is 2.34 bits per heavy atom. The molecule has 146 valence electrons. The second kappa shape index (κ2) is 8.36. The first-order valence-corrected chi connectivity index (χ1v) is 10.1. The highest BCUT2D eigenvalue weighted by molar-refractivity contribution is 7.99. The molecular formula is C22H19N3O3S. The number of hydrogen-bond acceptors (Lipinski definition) is 7. The lowest BCUT2D eigenvalue weighted by Crippen LogP contribution is -2.07. The van der Waals surface area contributed by atoms with E-state index >= 15 is 0 Å². The molecule has 0 saturated heterocycles. The molecule has 7 heteroatoms. The molecule has 0 aliphatic rings. The molecule has 2 N–H and O–H groups in total. The quantitative estimate of drug-likeness (QED) is 0.280. The van der Waals surface area contributed by atoms with Gasteiger partial charge in [-0.3, -0.25) is 4.79 Å². The van der Waals surface area contributed by atoms with E-state index in [0.29, 0.717) is 34.4 Å².